The number of ether oxygens (including phenoxy) is 2. The summed E-state index contributed by atoms with van der Waals surface area (Å²) < 4.78 is 34.3. The van der Waals surface area contributed by atoms with Crippen LogP contribution >= 0.6 is 7.82 Å². The fourth-order valence-electron chi connectivity index (χ4n) is 5.87. The number of phosphoric ester groups is 1. The monoisotopic (exact) mass is 937 g/mol. The summed E-state index contributed by atoms with van der Waals surface area (Å²) in [6.45, 7) is 4.08. The number of nitrogens with zero attached hydrogens (tertiary/aromatic N) is 1. The van der Waals surface area contributed by atoms with Crippen LogP contribution in [0.2, 0.25) is 0 Å². The van der Waals surface area contributed by atoms with E-state index in [9.17, 15) is 19.0 Å². The van der Waals surface area contributed by atoms with E-state index in [4.69, 9.17) is 18.5 Å². The summed E-state index contributed by atoms with van der Waals surface area (Å²) in [7, 11) is 1.40. The molecular formula is C56H91NO8P+. The Hall–Kier alpha value is -3.85. The van der Waals surface area contributed by atoms with Crippen molar-refractivity contribution in [1.82, 2.24) is 0 Å². The maximum Gasteiger partial charge on any atom is 0.472 e. The van der Waals surface area contributed by atoms with E-state index in [0.29, 0.717) is 30.3 Å². The first-order chi connectivity index (χ1) is 32.0. The molecule has 0 aliphatic heterocycles. The zero-order chi connectivity index (χ0) is 48.5. The molecule has 0 spiro atoms. The lowest BCUT2D eigenvalue weighted by molar-refractivity contribution is -0.870. The molecule has 0 amide bonds. The van der Waals surface area contributed by atoms with Crippen molar-refractivity contribution in [3.05, 3.63) is 134 Å². The van der Waals surface area contributed by atoms with E-state index in [0.717, 1.165) is 109 Å². The summed E-state index contributed by atoms with van der Waals surface area (Å²) in [5, 5.41) is 0. The van der Waals surface area contributed by atoms with Crippen LogP contribution in [0.3, 0.4) is 0 Å². The van der Waals surface area contributed by atoms with Crippen molar-refractivity contribution in [3.8, 4) is 0 Å². The molecule has 0 aromatic rings. The van der Waals surface area contributed by atoms with Gasteiger partial charge in [-0.05, 0) is 103 Å². The number of phosphoric acid groups is 1. The summed E-state index contributed by atoms with van der Waals surface area (Å²) in [5.74, 6) is -0.899. The van der Waals surface area contributed by atoms with Gasteiger partial charge in [0.1, 0.15) is 19.8 Å². The molecule has 9 nitrogen and oxygen atoms in total. The van der Waals surface area contributed by atoms with Gasteiger partial charge < -0.3 is 18.9 Å². The van der Waals surface area contributed by atoms with Gasteiger partial charge in [0.2, 0.25) is 0 Å². The lowest BCUT2D eigenvalue weighted by Gasteiger charge is -2.24. The van der Waals surface area contributed by atoms with E-state index < -0.39 is 32.5 Å². The molecule has 0 aliphatic carbocycles. The van der Waals surface area contributed by atoms with Crippen LogP contribution in [0.5, 0.6) is 0 Å². The number of allylic oxidation sites excluding steroid dienone is 22. The Morgan fingerprint density at radius 1 is 0.470 bits per heavy atom. The number of carbonyl (C=O) groups is 2. The SMILES string of the molecule is CC/C=C\C/C=C\C/C=C\C/C=C\C/C=C\C/C=C\C/C=C\CCCC(=O)OC(COC(=O)CCCCCCCC/C=C\C/C=C\C/C=C\C/C=C\CC)COP(=O)(O)OCC[N+](C)(C)C. The molecule has 66 heavy (non-hydrogen) atoms. The third kappa shape index (κ3) is 49.6. The van der Waals surface area contributed by atoms with Gasteiger partial charge in [-0.25, -0.2) is 4.57 Å². The number of esters is 2. The van der Waals surface area contributed by atoms with Crippen molar-refractivity contribution in [2.24, 2.45) is 0 Å². The Balaban J connectivity index is 4.45. The van der Waals surface area contributed by atoms with Gasteiger partial charge >= 0.3 is 19.8 Å². The van der Waals surface area contributed by atoms with Crippen LogP contribution in [0.1, 0.15) is 155 Å². The van der Waals surface area contributed by atoms with Gasteiger partial charge in [-0.3, -0.25) is 18.6 Å². The summed E-state index contributed by atoms with van der Waals surface area (Å²) in [6.07, 6.45) is 66.5. The zero-order valence-electron chi connectivity index (χ0n) is 41.9. The molecule has 372 valence electrons. The van der Waals surface area contributed by atoms with Crippen molar-refractivity contribution >= 4 is 19.8 Å². The molecule has 0 fully saturated rings. The molecule has 0 saturated carbocycles. The smallest absolute Gasteiger partial charge is 0.462 e. The Labute approximate surface area is 402 Å². The Kier molecular flexibility index (Phi) is 43.6. The molecule has 10 heteroatoms. The normalized spacial score (nSPS) is 14.6. The average molecular weight is 937 g/mol. The average Bonchev–Trinajstić information content (AvgIpc) is 3.27. The molecular weight excluding hydrogens is 846 g/mol. The van der Waals surface area contributed by atoms with Gasteiger partial charge in [-0.1, -0.05) is 173 Å². The van der Waals surface area contributed by atoms with Crippen molar-refractivity contribution < 1.29 is 42.1 Å². The molecule has 0 aliphatic rings. The standard InChI is InChI=1S/C56H90NO8P/c1-6-8-10-12-14-16-18-20-22-24-26-27-28-29-31-33-35-37-39-41-43-45-47-49-56(59)65-54(53-64-66(60,61)63-51-50-57(3,4)5)52-62-55(58)48-46-44-42-40-38-36-34-32-30-25-23-21-19-17-15-13-11-9-7-2/h8-11,14-17,20-23,26-27,29-32,35,37,41,43,54H,6-7,12-13,18-19,24-25,28,33-34,36,38-40,42,44-53H2,1-5H3/p+1/b10-8-,11-9-,16-14-,17-15-,22-20-,23-21-,27-26-,31-29-,32-30-,37-35-,43-41-. The molecule has 1 N–H and O–H groups in total. The van der Waals surface area contributed by atoms with E-state index in [-0.39, 0.29) is 26.1 Å². The minimum atomic E-state index is -4.41. The Bertz CT molecular complexity index is 1570. The number of quaternary nitrogens is 1. The van der Waals surface area contributed by atoms with Gasteiger partial charge in [-0.2, -0.15) is 0 Å². The lowest BCUT2D eigenvalue weighted by Crippen LogP contribution is -2.37. The van der Waals surface area contributed by atoms with Crippen LogP contribution in [0.4, 0.5) is 0 Å². The molecule has 0 radical (unpaired) electrons. The second kappa shape index (κ2) is 46.3. The third-order valence-corrected chi connectivity index (χ3v) is 10.7. The first kappa shape index (κ1) is 62.1. The molecule has 0 aromatic heterocycles. The first-order valence-electron chi connectivity index (χ1n) is 24.9. The number of hydrogen-bond donors (Lipinski definition) is 1. The largest absolute Gasteiger partial charge is 0.472 e. The van der Waals surface area contributed by atoms with E-state index in [1.807, 2.05) is 27.2 Å². The van der Waals surface area contributed by atoms with Gasteiger partial charge in [-0.15, -0.1) is 0 Å². The lowest BCUT2D eigenvalue weighted by atomic mass is 10.1. The number of carbonyl (C=O) groups excluding carboxylic acids is 2. The summed E-state index contributed by atoms with van der Waals surface area (Å²) >= 11 is 0. The summed E-state index contributed by atoms with van der Waals surface area (Å²) in [5.41, 5.74) is 0. The number of unbranched alkanes of at least 4 members (excludes halogenated alkanes) is 7. The predicted octanol–water partition coefficient (Wildman–Crippen LogP) is 15.0. The maximum absolute atomic E-state index is 12.7. The quantitative estimate of drug-likeness (QED) is 0.0212. The number of hydrogen-bond acceptors (Lipinski definition) is 7. The van der Waals surface area contributed by atoms with Gasteiger partial charge in [0.05, 0.1) is 27.7 Å². The number of rotatable bonds is 43. The molecule has 0 saturated heterocycles. The van der Waals surface area contributed by atoms with Crippen LogP contribution < -0.4 is 0 Å². The van der Waals surface area contributed by atoms with Crippen LogP contribution in [0, 0.1) is 0 Å². The molecule has 0 rings (SSSR count). The third-order valence-electron chi connectivity index (χ3n) is 9.68. The van der Waals surface area contributed by atoms with E-state index in [2.05, 4.69) is 141 Å². The Morgan fingerprint density at radius 3 is 1.26 bits per heavy atom. The van der Waals surface area contributed by atoms with Gasteiger partial charge in [0.15, 0.2) is 6.10 Å². The highest BCUT2D eigenvalue weighted by atomic mass is 31.2. The fourth-order valence-corrected chi connectivity index (χ4v) is 6.62. The second-order valence-electron chi connectivity index (χ2n) is 17.1. The number of likely N-dealkylation sites (N-methyl/N-ethyl adjacent to an activating group) is 1. The van der Waals surface area contributed by atoms with Crippen molar-refractivity contribution in [2.45, 2.75) is 161 Å². The van der Waals surface area contributed by atoms with Crippen molar-refractivity contribution in [2.75, 3.05) is 47.5 Å². The zero-order valence-corrected chi connectivity index (χ0v) is 42.8. The maximum atomic E-state index is 12.7. The van der Waals surface area contributed by atoms with Crippen molar-refractivity contribution in [3.63, 3.8) is 0 Å². The van der Waals surface area contributed by atoms with Gasteiger partial charge in [0.25, 0.3) is 0 Å². The molecule has 2 unspecified atom stereocenters. The van der Waals surface area contributed by atoms with Gasteiger partial charge in [0, 0.05) is 12.8 Å². The van der Waals surface area contributed by atoms with Crippen LogP contribution in [-0.2, 0) is 32.7 Å². The minimum absolute atomic E-state index is 0.00954. The van der Waals surface area contributed by atoms with E-state index >= 15 is 0 Å². The summed E-state index contributed by atoms with van der Waals surface area (Å²) in [4.78, 5) is 35.5. The van der Waals surface area contributed by atoms with Crippen molar-refractivity contribution in [1.29, 1.82) is 0 Å². The summed E-state index contributed by atoms with van der Waals surface area (Å²) in [6, 6.07) is 0. The highest BCUT2D eigenvalue weighted by Gasteiger charge is 2.27. The molecule has 2 atom stereocenters. The molecule has 0 aromatic carbocycles. The van der Waals surface area contributed by atoms with E-state index in [1.54, 1.807) is 0 Å². The van der Waals surface area contributed by atoms with Crippen LogP contribution in [-0.4, -0.2) is 74.9 Å². The van der Waals surface area contributed by atoms with E-state index in [1.165, 1.54) is 0 Å². The second-order valence-corrected chi connectivity index (χ2v) is 18.5. The molecule has 0 bridgehead atoms. The highest BCUT2D eigenvalue weighted by Crippen LogP contribution is 2.43. The van der Waals surface area contributed by atoms with Crippen LogP contribution in [0.15, 0.2) is 134 Å². The highest BCUT2D eigenvalue weighted by molar-refractivity contribution is 7.47. The predicted molar refractivity (Wildman–Crippen MR) is 279 cm³/mol. The fraction of sp³-hybridized carbons (Fsp3) is 0.571. The first-order valence-corrected chi connectivity index (χ1v) is 26.4. The molecule has 0 heterocycles. The van der Waals surface area contributed by atoms with Crippen LogP contribution in [0.25, 0.3) is 0 Å². The Morgan fingerprint density at radius 2 is 0.833 bits per heavy atom. The topological polar surface area (TPSA) is 108 Å². The minimum Gasteiger partial charge on any atom is -0.462 e.